The van der Waals surface area contributed by atoms with E-state index in [1.54, 1.807) is 0 Å². The summed E-state index contributed by atoms with van der Waals surface area (Å²) in [6.45, 7) is 2.82. The molecule has 0 aliphatic carbocycles. The first-order valence-electron chi connectivity index (χ1n) is 7.86. The van der Waals surface area contributed by atoms with Crippen LogP contribution < -0.4 is 5.32 Å². The summed E-state index contributed by atoms with van der Waals surface area (Å²) in [6.07, 6.45) is -6.75. The number of hydrogen-bond donors (Lipinski definition) is 3. The number of urea groups is 1. The molecule has 11 nitrogen and oxygen atoms in total. The molecule has 3 amide bonds. The van der Waals surface area contributed by atoms with E-state index in [4.69, 9.17) is 9.47 Å². The van der Waals surface area contributed by atoms with E-state index < -0.39 is 59.6 Å². The summed E-state index contributed by atoms with van der Waals surface area (Å²) in [5.74, 6) is -3.30. The Morgan fingerprint density at radius 1 is 1.15 bits per heavy atom. The minimum Gasteiger partial charge on any atom is -0.440 e. The molecule has 3 N–H and O–H groups in total. The minimum atomic E-state index is -2.47. The van der Waals surface area contributed by atoms with Crippen molar-refractivity contribution >= 4 is 29.5 Å². The zero-order chi connectivity index (χ0) is 19.8. The molecule has 26 heavy (non-hydrogen) atoms. The molecule has 2 heterocycles. The first-order valence-corrected chi connectivity index (χ1v) is 7.86. The second-order valence-corrected chi connectivity index (χ2v) is 6.17. The number of ether oxygens (including phenoxy) is 2. The van der Waals surface area contributed by atoms with Crippen LogP contribution in [0.4, 0.5) is 4.79 Å². The van der Waals surface area contributed by atoms with Crippen LogP contribution in [-0.4, -0.2) is 81.3 Å². The van der Waals surface area contributed by atoms with Gasteiger partial charge in [-0.15, -0.1) is 0 Å². The third-order valence-corrected chi connectivity index (χ3v) is 4.38. The van der Waals surface area contributed by atoms with Crippen LogP contribution in [0.5, 0.6) is 0 Å². The number of ketones is 2. The van der Waals surface area contributed by atoms with Crippen molar-refractivity contribution in [1.82, 2.24) is 10.2 Å². The molecule has 0 saturated carbocycles. The van der Waals surface area contributed by atoms with E-state index in [0.717, 1.165) is 25.7 Å². The molecule has 0 aromatic heterocycles. The van der Waals surface area contributed by atoms with Crippen LogP contribution in [0.15, 0.2) is 0 Å². The lowest BCUT2D eigenvalue weighted by Crippen LogP contribution is -2.61. The first-order chi connectivity index (χ1) is 12.0. The molecule has 0 radical (unpaired) electrons. The number of Topliss-reactive ketones (excluding diaryl/α,β-unsaturated/α-hetero) is 2. The van der Waals surface area contributed by atoms with Gasteiger partial charge in [-0.1, -0.05) is 0 Å². The molecular weight excluding hydrogens is 352 g/mol. The van der Waals surface area contributed by atoms with E-state index in [9.17, 15) is 34.2 Å². The Morgan fingerprint density at radius 2 is 1.73 bits per heavy atom. The van der Waals surface area contributed by atoms with Crippen molar-refractivity contribution in [3.05, 3.63) is 0 Å². The van der Waals surface area contributed by atoms with Crippen molar-refractivity contribution in [2.24, 2.45) is 0 Å². The zero-order valence-electron chi connectivity index (χ0n) is 14.4. The van der Waals surface area contributed by atoms with E-state index in [1.165, 1.54) is 0 Å². The number of hydrogen-bond acceptors (Lipinski definition) is 9. The average Bonchev–Trinajstić information content (AvgIpc) is 2.80. The molecule has 2 aliphatic rings. The Morgan fingerprint density at radius 3 is 2.19 bits per heavy atom. The topological polar surface area (TPSA) is 160 Å². The Balaban J connectivity index is 2.38. The van der Waals surface area contributed by atoms with Gasteiger partial charge >= 0.3 is 12.0 Å². The van der Waals surface area contributed by atoms with Crippen molar-refractivity contribution < 1.29 is 43.7 Å². The minimum absolute atomic E-state index is 0.0619. The van der Waals surface area contributed by atoms with E-state index in [0.29, 0.717) is 0 Å². The highest BCUT2D eigenvalue weighted by Crippen LogP contribution is 2.35. The van der Waals surface area contributed by atoms with Gasteiger partial charge in [-0.25, -0.2) is 4.79 Å². The van der Waals surface area contributed by atoms with Gasteiger partial charge in [-0.3, -0.25) is 29.4 Å². The van der Waals surface area contributed by atoms with Crippen molar-refractivity contribution in [2.45, 2.75) is 57.3 Å². The number of esters is 1. The van der Waals surface area contributed by atoms with Crippen molar-refractivity contribution in [1.29, 1.82) is 0 Å². The second kappa shape index (κ2) is 7.09. The quantitative estimate of drug-likeness (QED) is 0.361. The number of nitrogens with zero attached hydrogens (tertiary/aromatic N) is 1. The molecule has 2 saturated heterocycles. The van der Waals surface area contributed by atoms with Crippen LogP contribution in [0.1, 0.15) is 27.2 Å². The smallest absolute Gasteiger partial charge is 0.326 e. The molecule has 144 valence electrons. The molecule has 4 atom stereocenters. The van der Waals surface area contributed by atoms with Crippen LogP contribution >= 0.6 is 0 Å². The van der Waals surface area contributed by atoms with Crippen LogP contribution in [0, 0.1) is 0 Å². The molecule has 0 spiro atoms. The number of nitrogens with one attached hydrogen (secondary N) is 1. The van der Waals surface area contributed by atoms with Crippen molar-refractivity contribution in [3.8, 4) is 0 Å². The standard InChI is InChI=1S/C15H20N2O9/c1-6(18)15(7(2)19,26-8(3)20)12-10(22)11(23)13(25-12)17-5-4-9(21)16-14(17)24/h10-13,22-23H,4-5H2,1-3H3,(H,16,21,24)/t10-,11+,12-,13+/m0/s1. The Hall–Kier alpha value is -2.37. The first kappa shape index (κ1) is 19.9. The van der Waals surface area contributed by atoms with Crippen LogP contribution in [0.25, 0.3) is 0 Å². The molecule has 0 bridgehead atoms. The third kappa shape index (κ3) is 3.20. The molecule has 0 aromatic carbocycles. The number of imide groups is 1. The summed E-state index contributed by atoms with van der Waals surface area (Å²) >= 11 is 0. The predicted molar refractivity (Wildman–Crippen MR) is 81.4 cm³/mol. The van der Waals surface area contributed by atoms with Gasteiger partial charge in [0.2, 0.25) is 5.91 Å². The zero-order valence-corrected chi connectivity index (χ0v) is 14.4. The highest BCUT2D eigenvalue weighted by molar-refractivity contribution is 6.10. The van der Waals surface area contributed by atoms with Gasteiger partial charge in [0.15, 0.2) is 17.8 Å². The number of rotatable bonds is 5. The monoisotopic (exact) mass is 372 g/mol. The lowest BCUT2D eigenvalue weighted by atomic mass is 9.84. The molecule has 2 aliphatic heterocycles. The second-order valence-electron chi connectivity index (χ2n) is 6.17. The van der Waals surface area contributed by atoms with Crippen molar-refractivity contribution in [2.75, 3.05) is 6.54 Å². The van der Waals surface area contributed by atoms with Gasteiger partial charge in [-0.05, 0) is 13.8 Å². The molecular formula is C15H20N2O9. The van der Waals surface area contributed by atoms with E-state index in [-0.39, 0.29) is 13.0 Å². The maximum absolute atomic E-state index is 12.2. The Labute approximate surface area is 148 Å². The van der Waals surface area contributed by atoms with Gasteiger partial charge in [0.1, 0.15) is 18.3 Å². The molecule has 0 unspecified atom stereocenters. The fourth-order valence-corrected chi connectivity index (χ4v) is 3.15. The summed E-state index contributed by atoms with van der Waals surface area (Å²) in [6, 6.07) is -0.859. The van der Waals surface area contributed by atoms with Gasteiger partial charge in [0, 0.05) is 19.9 Å². The highest BCUT2D eigenvalue weighted by atomic mass is 16.6. The fourth-order valence-electron chi connectivity index (χ4n) is 3.15. The number of aliphatic hydroxyl groups excluding tert-OH is 2. The highest BCUT2D eigenvalue weighted by Gasteiger charge is 2.62. The summed E-state index contributed by atoms with van der Waals surface area (Å²) in [5, 5.41) is 22.7. The lowest BCUT2D eigenvalue weighted by Gasteiger charge is -2.35. The fraction of sp³-hybridized carbons (Fsp3) is 0.667. The van der Waals surface area contributed by atoms with Crippen LogP contribution in [0.3, 0.4) is 0 Å². The molecule has 2 fully saturated rings. The lowest BCUT2D eigenvalue weighted by molar-refractivity contribution is -0.194. The number of carbonyl (C=O) groups is 5. The molecule has 11 heteroatoms. The largest absolute Gasteiger partial charge is 0.440 e. The number of aliphatic hydroxyl groups is 2. The van der Waals surface area contributed by atoms with E-state index >= 15 is 0 Å². The summed E-state index contributed by atoms with van der Waals surface area (Å²) < 4.78 is 10.4. The average molecular weight is 372 g/mol. The normalized spacial score (nSPS) is 29.3. The van der Waals surface area contributed by atoms with E-state index in [2.05, 4.69) is 0 Å². The molecule has 0 aromatic rings. The van der Waals surface area contributed by atoms with Gasteiger partial charge in [-0.2, -0.15) is 0 Å². The number of amides is 3. The SMILES string of the molecule is CC(=O)OC(C(C)=O)(C(C)=O)[C@H]1O[C@@H](N2CCC(=O)NC2=O)[C@H](O)[C@@H]1O. The van der Waals surface area contributed by atoms with Gasteiger partial charge in [0.25, 0.3) is 5.60 Å². The van der Waals surface area contributed by atoms with Gasteiger partial charge < -0.3 is 19.7 Å². The van der Waals surface area contributed by atoms with Crippen LogP contribution in [-0.2, 0) is 28.7 Å². The van der Waals surface area contributed by atoms with Gasteiger partial charge in [0.05, 0.1) is 0 Å². The summed E-state index contributed by atoms with van der Waals surface area (Å²) in [7, 11) is 0. The van der Waals surface area contributed by atoms with E-state index in [1.807, 2.05) is 5.32 Å². The number of carbonyl (C=O) groups excluding carboxylic acids is 5. The molecule has 2 rings (SSSR count). The summed E-state index contributed by atoms with van der Waals surface area (Å²) in [5.41, 5.74) is -2.47. The van der Waals surface area contributed by atoms with Crippen LogP contribution in [0.2, 0.25) is 0 Å². The maximum Gasteiger partial charge on any atom is 0.326 e. The maximum atomic E-state index is 12.2. The Bertz CT molecular complexity index is 648. The summed E-state index contributed by atoms with van der Waals surface area (Å²) in [4.78, 5) is 59.9. The van der Waals surface area contributed by atoms with Crippen molar-refractivity contribution in [3.63, 3.8) is 0 Å². The Kier molecular flexibility index (Phi) is 5.44. The predicted octanol–water partition coefficient (Wildman–Crippen LogP) is -2.15. The third-order valence-electron chi connectivity index (χ3n) is 4.38.